The molecular formula is C15H21BrN2. The van der Waals surface area contributed by atoms with E-state index in [0.717, 1.165) is 12.0 Å². The predicted molar refractivity (Wildman–Crippen MR) is 78.4 cm³/mol. The summed E-state index contributed by atoms with van der Waals surface area (Å²) < 4.78 is 1.19. The fourth-order valence-electron chi connectivity index (χ4n) is 3.78. The van der Waals surface area contributed by atoms with E-state index in [1.807, 2.05) is 0 Å². The van der Waals surface area contributed by atoms with Crippen LogP contribution in [0.2, 0.25) is 0 Å². The van der Waals surface area contributed by atoms with Gasteiger partial charge in [-0.2, -0.15) is 0 Å². The van der Waals surface area contributed by atoms with Gasteiger partial charge in [-0.05, 0) is 43.7 Å². The Morgan fingerprint density at radius 1 is 1.33 bits per heavy atom. The molecule has 0 radical (unpaired) electrons. The van der Waals surface area contributed by atoms with E-state index in [2.05, 4.69) is 52.0 Å². The van der Waals surface area contributed by atoms with E-state index in [9.17, 15) is 0 Å². The second kappa shape index (κ2) is 4.95. The number of nitrogens with two attached hydrogens (primary N) is 1. The van der Waals surface area contributed by atoms with Gasteiger partial charge in [0.15, 0.2) is 0 Å². The van der Waals surface area contributed by atoms with Crippen molar-refractivity contribution in [2.24, 2.45) is 11.7 Å². The highest BCUT2D eigenvalue weighted by Gasteiger charge is 2.42. The number of rotatable bonds is 3. The maximum Gasteiger partial charge on any atom is 0.0510 e. The third kappa shape index (κ3) is 2.13. The highest BCUT2D eigenvalue weighted by molar-refractivity contribution is 9.10. The molecule has 1 saturated heterocycles. The monoisotopic (exact) mass is 308 g/mol. The summed E-state index contributed by atoms with van der Waals surface area (Å²) in [6.45, 7) is 3.37. The van der Waals surface area contributed by atoms with E-state index in [1.54, 1.807) is 0 Å². The molecule has 2 fully saturated rings. The van der Waals surface area contributed by atoms with Gasteiger partial charge in [0.25, 0.3) is 0 Å². The molecule has 2 nitrogen and oxygen atoms in total. The maximum atomic E-state index is 6.29. The third-order valence-electron chi connectivity index (χ3n) is 4.53. The van der Waals surface area contributed by atoms with Crippen LogP contribution in [0.25, 0.3) is 0 Å². The molecule has 1 aromatic carbocycles. The summed E-state index contributed by atoms with van der Waals surface area (Å²) in [4.78, 5) is 2.65. The molecule has 98 valence electrons. The second-order valence-corrected chi connectivity index (χ2v) is 6.71. The lowest BCUT2D eigenvalue weighted by Gasteiger charge is -2.38. The fraction of sp³-hybridized carbons (Fsp3) is 0.600. The molecule has 1 aliphatic heterocycles. The molecule has 2 aliphatic rings. The highest BCUT2D eigenvalue weighted by atomic mass is 79.9. The van der Waals surface area contributed by atoms with Gasteiger partial charge in [0.2, 0.25) is 0 Å². The van der Waals surface area contributed by atoms with Gasteiger partial charge in [-0.25, -0.2) is 0 Å². The van der Waals surface area contributed by atoms with Crippen molar-refractivity contribution in [2.45, 2.75) is 44.3 Å². The molecule has 0 spiro atoms. The first kappa shape index (κ1) is 12.6. The van der Waals surface area contributed by atoms with Crippen molar-refractivity contribution in [1.82, 2.24) is 4.90 Å². The molecule has 1 heterocycles. The van der Waals surface area contributed by atoms with Crippen LogP contribution in [0, 0.1) is 5.92 Å². The molecule has 2 N–H and O–H groups in total. The SMILES string of the molecule is CC(N)C(c1ccccc1Br)N1CC2CCC1C2. The molecule has 2 bridgehead atoms. The second-order valence-electron chi connectivity index (χ2n) is 5.86. The van der Waals surface area contributed by atoms with Crippen LogP contribution in [-0.2, 0) is 0 Å². The molecule has 1 aliphatic carbocycles. The van der Waals surface area contributed by atoms with Crippen LogP contribution in [0.15, 0.2) is 28.7 Å². The minimum absolute atomic E-state index is 0.169. The molecule has 1 aromatic rings. The summed E-state index contributed by atoms with van der Waals surface area (Å²) in [6, 6.07) is 9.81. The maximum absolute atomic E-state index is 6.29. The minimum Gasteiger partial charge on any atom is -0.326 e. The van der Waals surface area contributed by atoms with Gasteiger partial charge in [0.05, 0.1) is 6.04 Å². The lowest BCUT2D eigenvalue weighted by atomic mass is 9.97. The topological polar surface area (TPSA) is 29.3 Å². The minimum atomic E-state index is 0.169. The van der Waals surface area contributed by atoms with Crippen molar-refractivity contribution in [3.8, 4) is 0 Å². The molecule has 3 heteroatoms. The van der Waals surface area contributed by atoms with Gasteiger partial charge in [0.1, 0.15) is 0 Å². The van der Waals surface area contributed by atoms with E-state index in [4.69, 9.17) is 5.73 Å². The number of nitrogens with zero attached hydrogens (tertiary/aromatic N) is 1. The van der Waals surface area contributed by atoms with Crippen LogP contribution in [0.4, 0.5) is 0 Å². The average Bonchev–Trinajstić information content (AvgIpc) is 2.94. The zero-order chi connectivity index (χ0) is 12.7. The van der Waals surface area contributed by atoms with Gasteiger partial charge in [-0.15, -0.1) is 0 Å². The Bertz CT molecular complexity index is 432. The molecule has 0 aromatic heterocycles. The molecule has 18 heavy (non-hydrogen) atoms. The smallest absolute Gasteiger partial charge is 0.0510 e. The summed E-state index contributed by atoms with van der Waals surface area (Å²) in [6.07, 6.45) is 4.16. The van der Waals surface area contributed by atoms with Crippen molar-refractivity contribution in [2.75, 3.05) is 6.54 Å². The van der Waals surface area contributed by atoms with E-state index >= 15 is 0 Å². The highest BCUT2D eigenvalue weighted by Crippen LogP contribution is 2.43. The number of hydrogen-bond donors (Lipinski definition) is 1. The number of likely N-dealkylation sites (tertiary alicyclic amines) is 1. The first-order valence-electron chi connectivity index (χ1n) is 6.92. The van der Waals surface area contributed by atoms with Gasteiger partial charge in [0, 0.05) is 23.1 Å². The summed E-state index contributed by atoms with van der Waals surface area (Å²) in [5.41, 5.74) is 7.63. The summed E-state index contributed by atoms with van der Waals surface area (Å²) >= 11 is 3.68. The molecule has 0 amide bonds. The number of piperidine rings is 1. The average molecular weight is 309 g/mol. The summed E-state index contributed by atoms with van der Waals surface area (Å²) in [7, 11) is 0. The van der Waals surface area contributed by atoms with Gasteiger partial charge >= 0.3 is 0 Å². The third-order valence-corrected chi connectivity index (χ3v) is 5.25. The largest absolute Gasteiger partial charge is 0.326 e. The van der Waals surface area contributed by atoms with E-state index < -0.39 is 0 Å². The van der Waals surface area contributed by atoms with E-state index in [1.165, 1.54) is 35.8 Å². The van der Waals surface area contributed by atoms with Crippen LogP contribution in [0.1, 0.15) is 37.8 Å². The number of benzene rings is 1. The first-order valence-corrected chi connectivity index (χ1v) is 7.72. The zero-order valence-corrected chi connectivity index (χ0v) is 12.4. The van der Waals surface area contributed by atoms with Gasteiger partial charge in [-0.1, -0.05) is 34.1 Å². The Labute approximate surface area is 118 Å². The first-order chi connectivity index (χ1) is 8.66. The fourth-order valence-corrected chi connectivity index (χ4v) is 4.30. The quantitative estimate of drug-likeness (QED) is 0.928. The molecular weight excluding hydrogens is 288 g/mol. The van der Waals surface area contributed by atoms with Crippen molar-refractivity contribution in [3.05, 3.63) is 34.3 Å². The van der Waals surface area contributed by atoms with E-state index in [0.29, 0.717) is 6.04 Å². The van der Waals surface area contributed by atoms with Crippen molar-refractivity contribution < 1.29 is 0 Å². The number of fused-ring (bicyclic) bond motifs is 2. The Hall–Kier alpha value is -0.380. The lowest BCUT2D eigenvalue weighted by molar-refractivity contribution is 0.132. The van der Waals surface area contributed by atoms with Crippen LogP contribution < -0.4 is 5.73 Å². The normalized spacial score (nSPS) is 30.6. The van der Waals surface area contributed by atoms with Crippen LogP contribution >= 0.6 is 15.9 Å². The molecule has 4 unspecified atom stereocenters. The molecule has 4 atom stereocenters. The Balaban J connectivity index is 1.92. The predicted octanol–water partition coefficient (Wildman–Crippen LogP) is 3.32. The van der Waals surface area contributed by atoms with Crippen molar-refractivity contribution in [1.29, 1.82) is 0 Å². The lowest BCUT2D eigenvalue weighted by Crippen LogP contribution is -2.43. The Kier molecular flexibility index (Phi) is 3.48. The van der Waals surface area contributed by atoms with E-state index in [-0.39, 0.29) is 6.04 Å². The number of hydrogen-bond acceptors (Lipinski definition) is 2. The summed E-state index contributed by atoms with van der Waals surface area (Å²) in [5.74, 6) is 0.915. The van der Waals surface area contributed by atoms with Crippen molar-refractivity contribution in [3.63, 3.8) is 0 Å². The molecule has 3 rings (SSSR count). The van der Waals surface area contributed by atoms with Gasteiger partial charge < -0.3 is 5.73 Å². The van der Waals surface area contributed by atoms with Crippen molar-refractivity contribution >= 4 is 15.9 Å². The molecule has 1 saturated carbocycles. The van der Waals surface area contributed by atoms with Crippen LogP contribution in [-0.4, -0.2) is 23.5 Å². The zero-order valence-electron chi connectivity index (χ0n) is 10.8. The summed E-state index contributed by atoms with van der Waals surface area (Å²) in [5, 5.41) is 0. The Morgan fingerprint density at radius 2 is 2.11 bits per heavy atom. The number of halogens is 1. The van der Waals surface area contributed by atoms with Gasteiger partial charge in [-0.3, -0.25) is 4.90 Å². The Morgan fingerprint density at radius 3 is 2.67 bits per heavy atom. The standard InChI is InChI=1S/C15H21BrN2/c1-10(17)15(13-4-2-3-5-14(13)16)18-9-11-6-7-12(18)8-11/h2-5,10-12,15H,6-9,17H2,1H3. The van der Waals surface area contributed by atoms with Crippen LogP contribution in [0.5, 0.6) is 0 Å². The van der Waals surface area contributed by atoms with Crippen LogP contribution in [0.3, 0.4) is 0 Å².